The zero-order valence-corrected chi connectivity index (χ0v) is 16.9. The van der Waals surface area contributed by atoms with E-state index in [-0.39, 0.29) is 18.6 Å². The SMILES string of the molecule is COc1cc(OC)cc(C(=O)N2CCCC(OCc3cccc(C(F)(F)F)c3)C2)c1. The number of benzene rings is 2. The molecule has 1 heterocycles. The quantitative estimate of drug-likeness (QED) is 0.684. The van der Waals surface area contributed by atoms with Crippen LogP contribution in [-0.4, -0.2) is 44.2 Å². The first-order valence-corrected chi connectivity index (χ1v) is 9.60. The van der Waals surface area contributed by atoms with E-state index in [1.807, 2.05) is 0 Å². The summed E-state index contributed by atoms with van der Waals surface area (Å²) in [6.07, 6.45) is -3.14. The van der Waals surface area contributed by atoms with Gasteiger partial charge in [-0.2, -0.15) is 13.2 Å². The van der Waals surface area contributed by atoms with Crippen molar-refractivity contribution in [2.45, 2.75) is 31.7 Å². The number of hydrogen-bond donors (Lipinski definition) is 0. The molecule has 0 spiro atoms. The topological polar surface area (TPSA) is 48.0 Å². The minimum atomic E-state index is -4.39. The van der Waals surface area contributed by atoms with Gasteiger partial charge in [-0.1, -0.05) is 12.1 Å². The molecule has 30 heavy (non-hydrogen) atoms. The first kappa shape index (κ1) is 22.0. The Bertz CT molecular complexity index is 863. The third kappa shape index (κ3) is 5.44. The minimum Gasteiger partial charge on any atom is -0.497 e. The Balaban J connectivity index is 1.64. The van der Waals surface area contributed by atoms with Crippen LogP contribution in [0.2, 0.25) is 0 Å². The summed E-state index contributed by atoms with van der Waals surface area (Å²) in [7, 11) is 3.03. The van der Waals surface area contributed by atoms with Crippen molar-refractivity contribution < 1.29 is 32.2 Å². The normalized spacial score (nSPS) is 17.0. The fourth-order valence-electron chi connectivity index (χ4n) is 3.42. The lowest BCUT2D eigenvalue weighted by molar-refractivity contribution is -0.137. The predicted molar refractivity (Wildman–Crippen MR) is 105 cm³/mol. The standard InChI is InChI=1S/C22H24F3NO4/c1-28-19-10-16(11-20(12-19)29-2)21(27)26-8-4-7-18(13-26)30-14-15-5-3-6-17(9-15)22(23,24)25/h3,5-6,9-12,18H,4,7-8,13-14H2,1-2H3. The highest BCUT2D eigenvalue weighted by atomic mass is 19.4. The Morgan fingerprint density at radius 1 is 1.10 bits per heavy atom. The maximum absolute atomic E-state index is 12.9. The van der Waals surface area contributed by atoms with Crippen LogP contribution in [0.15, 0.2) is 42.5 Å². The molecule has 1 atom stereocenters. The Hall–Kier alpha value is -2.74. The van der Waals surface area contributed by atoms with E-state index in [4.69, 9.17) is 14.2 Å². The van der Waals surface area contributed by atoms with E-state index in [0.717, 1.165) is 25.0 Å². The van der Waals surface area contributed by atoms with Crippen LogP contribution < -0.4 is 9.47 Å². The predicted octanol–water partition coefficient (Wildman–Crippen LogP) is 4.54. The molecular weight excluding hydrogens is 399 g/mol. The maximum atomic E-state index is 12.9. The van der Waals surface area contributed by atoms with Crippen LogP contribution in [0.5, 0.6) is 11.5 Å². The van der Waals surface area contributed by atoms with Crippen LogP contribution in [0.1, 0.15) is 34.3 Å². The van der Waals surface area contributed by atoms with Gasteiger partial charge in [0, 0.05) is 24.7 Å². The number of ether oxygens (including phenoxy) is 3. The lowest BCUT2D eigenvalue weighted by Crippen LogP contribution is -2.43. The number of carbonyl (C=O) groups is 1. The van der Waals surface area contributed by atoms with Gasteiger partial charge in [-0.3, -0.25) is 4.79 Å². The van der Waals surface area contributed by atoms with E-state index in [1.54, 1.807) is 29.2 Å². The van der Waals surface area contributed by atoms with Crippen LogP contribution in [-0.2, 0) is 17.5 Å². The number of piperidine rings is 1. The van der Waals surface area contributed by atoms with Crippen molar-refractivity contribution >= 4 is 5.91 Å². The molecule has 0 aromatic heterocycles. The highest BCUT2D eigenvalue weighted by Crippen LogP contribution is 2.30. The lowest BCUT2D eigenvalue weighted by Gasteiger charge is -2.33. The molecule has 0 radical (unpaired) electrons. The Labute approximate surface area is 173 Å². The molecule has 2 aromatic carbocycles. The molecule has 1 aliphatic rings. The average molecular weight is 423 g/mol. The van der Waals surface area contributed by atoms with Crippen molar-refractivity contribution in [3.05, 3.63) is 59.2 Å². The van der Waals surface area contributed by atoms with Crippen LogP contribution in [0, 0.1) is 0 Å². The number of nitrogens with zero attached hydrogens (tertiary/aromatic N) is 1. The molecule has 1 aliphatic heterocycles. The van der Waals surface area contributed by atoms with Gasteiger partial charge in [-0.05, 0) is 42.7 Å². The van der Waals surface area contributed by atoms with E-state index in [0.29, 0.717) is 35.7 Å². The third-order valence-corrected chi connectivity index (χ3v) is 5.00. The van der Waals surface area contributed by atoms with E-state index in [9.17, 15) is 18.0 Å². The number of alkyl halides is 3. The molecule has 1 unspecified atom stereocenters. The zero-order chi connectivity index (χ0) is 21.7. The summed E-state index contributed by atoms with van der Waals surface area (Å²) in [6, 6.07) is 10.1. The van der Waals surface area contributed by atoms with Gasteiger partial charge in [0.25, 0.3) is 5.91 Å². The van der Waals surface area contributed by atoms with E-state index >= 15 is 0 Å². The van der Waals surface area contributed by atoms with Gasteiger partial charge in [-0.15, -0.1) is 0 Å². The monoisotopic (exact) mass is 423 g/mol. The van der Waals surface area contributed by atoms with E-state index in [2.05, 4.69) is 0 Å². The number of hydrogen-bond acceptors (Lipinski definition) is 4. The van der Waals surface area contributed by atoms with Gasteiger partial charge >= 0.3 is 6.18 Å². The smallest absolute Gasteiger partial charge is 0.416 e. The van der Waals surface area contributed by atoms with Crippen molar-refractivity contribution in [2.75, 3.05) is 27.3 Å². The summed E-state index contributed by atoms with van der Waals surface area (Å²) >= 11 is 0. The Kier molecular flexibility index (Phi) is 6.87. The van der Waals surface area contributed by atoms with Crippen LogP contribution >= 0.6 is 0 Å². The molecule has 5 nitrogen and oxygen atoms in total. The summed E-state index contributed by atoms with van der Waals surface area (Å²) in [5.74, 6) is 0.874. The second-order valence-electron chi connectivity index (χ2n) is 7.13. The third-order valence-electron chi connectivity index (χ3n) is 5.00. The number of methoxy groups -OCH3 is 2. The van der Waals surface area contributed by atoms with Crippen molar-refractivity contribution in [1.29, 1.82) is 0 Å². The molecule has 0 bridgehead atoms. The minimum absolute atomic E-state index is 0.0591. The second-order valence-corrected chi connectivity index (χ2v) is 7.13. The number of amides is 1. The van der Waals surface area contributed by atoms with Crippen LogP contribution in [0.25, 0.3) is 0 Å². The first-order chi connectivity index (χ1) is 14.3. The van der Waals surface area contributed by atoms with Gasteiger partial charge in [0.1, 0.15) is 11.5 Å². The molecule has 162 valence electrons. The van der Waals surface area contributed by atoms with Gasteiger partial charge in [0.05, 0.1) is 32.5 Å². The highest BCUT2D eigenvalue weighted by molar-refractivity contribution is 5.95. The number of likely N-dealkylation sites (tertiary alicyclic amines) is 1. The van der Waals surface area contributed by atoms with Crippen molar-refractivity contribution in [2.24, 2.45) is 0 Å². The number of carbonyl (C=O) groups excluding carboxylic acids is 1. The molecule has 0 N–H and O–H groups in total. The van der Waals surface area contributed by atoms with Gasteiger partial charge in [-0.25, -0.2) is 0 Å². The lowest BCUT2D eigenvalue weighted by atomic mass is 10.1. The van der Waals surface area contributed by atoms with E-state index in [1.165, 1.54) is 20.3 Å². The number of rotatable bonds is 6. The van der Waals surface area contributed by atoms with Gasteiger partial charge < -0.3 is 19.1 Å². The summed E-state index contributed by atoms with van der Waals surface area (Å²) in [4.78, 5) is 14.6. The maximum Gasteiger partial charge on any atom is 0.416 e. The van der Waals surface area contributed by atoms with Crippen molar-refractivity contribution in [1.82, 2.24) is 4.90 Å². The Morgan fingerprint density at radius 3 is 2.43 bits per heavy atom. The zero-order valence-electron chi connectivity index (χ0n) is 16.9. The first-order valence-electron chi connectivity index (χ1n) is 9.60. The summed E-state index contributed by atoms with van der Waals surface area (Å²) in [6.45, 7) is 1.02. The molecule has 2 aromatic rings. The molecule has 1 saturated heterocycles. The molecular formula is C22H24F3NO4. The molecule has 3 rings (SSSR count). The van der Waals surface area contributed by atoms with Gasteiger partial charge in [0.15, 0.2) is 0 Å². The second kappa shape index (κ2) is 9.38. The summed E-state index contributed by atoms with van der Waals surface area (Å²) in [5, 5.41) is 0. The highest BCUT2D eigenvalue weighted by Gasteiger charge is 2.30. The molecule has 0 aliphatic carbocycles. The van der Waals surface area contributed by atoms with Crippen molar-refractivity contribution in [3.8, 4) is 11.5 Å². The molecule has 8 heteroatoms. The molecule has 1 fully saturated rings. The Morgan fingerprint density at radius 2 is 1.80 bits per heavy atom. The van der Waals surface area contributed by atoms with Crippen molar-refractivity contribution in [3.63, 3.8) is 0 Å². The largest absolute Gasteiger partial charge is 0.497 e. The average Bonchev–Trinajstić information content (AvgIpc) is 2.76. The summed E-state index contributed by atoms with van der Waals surface area (Å²) < 4.78 is 54.9. The van der Waals surface area contributed by atoms with Crippen LogP contribution in [0.3, 0.4) is 0 Å². The molecule has 1 amide bonds. The van der Waals surface area contributed by atoms with E-state index < -0.39 is 11.7 Å². The fraction of sp³-hybridized carbons (Fsp3) is 0.409. The number of halogens is 3. The van der Waals surface area contributed by atoms with Crippen LogP contribution in [0.4, 0.5) is 13.2 Å². The summed E-state index contributed by atoms with van der Waals surface area (Å²) in [5.41, 5.74) is 0.201. The fourth-order valence-corrected chi connectivity index (χ4v) is 3.42. The van der Waals surface area contributed by atoms with Gasteiger partial charge in [0.2, 0.25) is 0 Å². The molecule has 0 saturated carbocycles.